The SMILES string of the molecule is Cc1cc(C(=O)N2CCCCC3=C2C=CCC3)ccc1CNC(=O)N1CC(=O)N(CCCN)c2cccc(F)c21. The molecule has 0 fully saturated rings. The van der Waals surface area contributed by atoms with Crippen molar-refractivity contribution in [1.82, 2.24) is 10.2 Å². The van der Waals surface area contributed by atoms with Crippen LogP contribution in [0.25, 0.3) is 0 Å². The highest BCUT2D eigenvalue weighted by Gasteiger charge is 2.34. The van der Waals surface area contributed by atoms with Crippen molar-refractivity contribution in [1.29, 1.82) is 0 Å². The monoisotopic (exact) mass is 545 g/mol. The molecule has 3 N–H and O–H groups in total. The third-order valence-electron chi connectivity index (χ3n) is 7.87. The highest BCUT2D eigenvalue weighted by molar-refractivity contribution is 6.10. The minimum absolute atomic E-state index is 0.0160. The molecule has 0 saturated heterocycles. The van der Waals surface area contributed by atoms with Crippen LogP contribution in [0.1, 0.15) is 60.0 Å². The number of carbonyl (C=O) groups excluding carboxylic acids is 3. The van der Waals surface area contributed by atoms with Gasteiger partial charge >= 0.3 is 6.03 Å². The zero-order valence-electron chi connectivity index (χ0n) is 22.9. The average molecular weight is 546 g/mol. The highest BCUT2D eigenvalue weighted by Crippen LogP contribution is 2.36. The van der Waals surface area contributed by atoms with E-state index in [-0.39, 0.29) is 30.6 Å². The van der Waals surface area contributed by atoms with Gasteiger partial charge in [0.25, 0.3) is 5.91 Å². The van der Waals surface area contributed by atoms with Gasteiger partial charge in [0.1, 0.15) is 18.0 Å². The van der Waals surface area contributed by atoms with E-state index in [2.05, 4.69) is 17.5 Å². The number of nitrogens with zero attached hydrogens (tertiary/aromatic N) is 3. The predicted octanol–water partition coefficient (Wildman–Crippen LogP) is 4.78. The molecule has 2 heterocycles. The minimum atomic E-state index is -0.573. The minimum Gasteiger partial charge on any atom is -0.334 e. The number of para-hydroxylation sites is 1. The molecule has 0 aromatic heterocycles. The first-order valence-corrected chi connectivity index (χ1v) is 14.0. The second-order valence-electron chi connectivity index (χ2n) is 10.5. The number of nitrogens with one attached hydrogen (secondary N) is 1. The number of amides is 4. The van der Waals surface area contributed by atoms with Crippen molar-refractivity contribution in [3.8, 4) is 0 Å². The van der Waals surface area contributed by atoms with Gasteiger partial charge in [0.05, 0.1) is 5.69 Å². The van der Waals surface area contributed by atoms with E-state index in [1.54, 1.807) is 12.1 Å². The molecule has 2 aliphatic heterocycles. The van der Waals surface area contributed by atoms with Crippen LogP contribution in [0.15, 0.2) is 59.8 Å². The van der Waals surface area contributed by atoms with E-state index >= 15 is 0 Å². The summed E-state index contributed by atoms with van der Waals surface area (Å²) in [4.78, 5) is 44.1. The number of urea groups is 1. The van der Waals surface area contributed by atoms with E-state index in [1.165, 1.54) is 22.6 Å². The smallest absolute Gasteiger partial charge is 0.322 e. The summed E-state index contributed by atoms with van der Waals surface area (Å²) in [5.41, 5.74) is 10.8. The summed E-state index contributed by atoms with van der Waals surface area (Å²) < 4.78 is 14.9. The fraction of sp³-hybridized carbons (Fsp3) is 0.387. The molecule has 4 amide bonds. The zero-order chi connectivity index (χ0) is 28.2. The first-order chi connectivity index (χ1) is 19.4. The van der Waals surface area contributed by atoms with E-state index in [0.29, 0.717) is 37.3 Å². The Morgan fingerprint density at radius 1 is 1.10 bits per heavy atom. The lowest BCUT2D eigenvalue weighted by Gasteiger charge is -2.36. The lowest BCUT2D eigenvalue weighted by atomic mass is 9.97. The number of aryl methyl sites for hydroxylation is 1. The number of hydrogen-bond acceptors (Lipinski definition) is 4. The Bertz CT molecular complexity index is 1390. The summed E-state index contributed by atoms with van der Waals surface area (Å²) >= 11 is 0. The lowest BCUT2D eigenvalue weighted by Crippen LogP contribution is -2.51. The molecule has 9 heteroatoms. The van der Waals surface area contributed by atoms with Crippen LogP contribution >= 0.6 is 0 Å². The predicted molar refractivity (Wildman–Crippen MR) is 153 cm³/mol. The molecule has 2 aromatic carbocycles. The highest BCUT2D eigenvalue weighted by atomic mass is 19.1. The molecule has 0 radical (unpaired) electrons. The number of carbonyl (C=O) groups is 3. The molecule has 40 heavy (non-hydrogen) atoms. The van der Waals surface area contributed by atoms with Gasteiger partial charge < -0.3 is 20.9 Å². The van der Waals surface area contributed by atoms with E-state index in [4.69, 9.17) is 5.73 Å². The number of rotatable bonds is 6. The number of anilines is 2. The van der Waals surface area contributed by atoms with Gasteiger partial charge in [0.15, 0.2) is 0 Å². The van der Waals surface area contributed by atoms with E-state index in [1.807, 2.05) is 24.0 Å². The molecule has 8 nitrogen and oxygen atoms in total. The zero-order valence-corrected chi connectivity index (χ0v) is 22.9. The van der Waals surface area contributed by atoms with Gasteiger partial charge in [-0.3, -0.25) is 14.5 Å². The summed E-state index contributed by atoms with van der Waals surface area (Å²) in [6.07, 6.45) is 9.94. The summed E-state index contributed by atoms with van der Waals surface area (Å²) in [6, 6.07) is 9.38. The van der Waals surface area contributed by atoms with Gasteiger partial charge in [0, 0.05) is 30.9 Å². The number of hydrogen-bond donors (Lipinski definition) is 2. The normalized spacial score (nSPS) is 17.0. The summed E-state index contributed by atoms with van der Waals surface area (Å²) in [6.45, 7) is 3.27. The fourth-order valence-electron chi connectivity index (χ4n) is 5.71. The Balaban J connectivity index is 1.30. The van der Waals surface area contributed by atoms with Crippen LogP contribution in [0, 0.1) is 12.7 Å². The van der Waals surface area contributed by atoms with Crippen molar-refractivity contribution in [3.63, 3.8) is 0 Å². The molecule has 2 aromatic rings. The number of halogens is 1. The Morgan fingerprint density at radius 2 is 1.95 bits per heavy atom. The Kier molecular flexibility index (Phi) is 8.30. The molecule has 1 aliphatic carbocycles. The van der Waals surface area contributed by atoms with Crippen LogP contribution < -0.4 is 20.9 Å². The maximum Gasteiger partial charge on any atom is 0.322 e. The fourth-order valence-corrected chi connectivity index (χ4v) is 5.71. The van der Waals surface area contributed by atoms with E-state index < -0.39 is 11.8 Å². The Hall–Kier alpha value is -3.98. The maximum atomic E-state index is 14.9. The molecule has 0 atom stereocenters. The van der Waals surface area contributed by atoms with Crippen molar-refractivity contribution >= 4 is 29.2 Å². The molecule has 5 rings (SSSR count). The topological polar surface area (TPSA) is 99.0 Å². The van der Waals surface area contributed by atoms with Crippen molar-refractivity contribution < 1.29 is 18.8 Å². The Labute approximate surface area is 234 Å². The molecule has 210 valence electrons. The van der Waals surface area contributed by atoms with Crippen LogP contribution in [0.2, 0.25) is 0 Å². The second kappa shape index (κ2) is 12.0. The average Bonchev–Trinajstić information content (AvgIpc) is 3.18. The molecule has 0 spiro atoms. The van der Waals surface area contributed by atoms with Crippen LogP contribution in [0.5, 0.6) is 0 Å². The number of allylic oxidation sites excluding steroid dienone is 3. The van der Waals surface area contributed by atoms with Gasteiger partial charge in [-0.2, -0.15) is 0 Å². The van der Waals surface area contributed by atoms with Crippen molar-refractivity contribution in [2.45, 2.75) is 52.0 Å². The standard InChI is InChI=1S/C31H36FN5O3/c1-21-18-23(30(39)36-16-5-4-9-22-8-2-3-11-26(22)36)13-14-24(21)19-34-31(40)37-20-28(38)35(17-7-15-33)27-12-6-10-25(32)29(27)37/h3,6,10-14,18H,2,4-5,7-9,15-17,19-20,33H2,1H3,(H,34,40). The first kappa shape index (κ1) is 27.6. The number of fused-ring (bicyclic) bond motifs is 1. The number of benzene rings is 2. The van der Waals surface area contributed by atoms with Gasteiger partial charge in [-0.25, -0.2) is 9.18 Å². The van der Waals surface area contributed by atoms with Crippen LogP contribution in [-0.2, 0) is 11.3 Å². The van der Waals surface area contributed by atoms with Crippen LogP contribution in [0.3, 0.4) is 0 Å². The molecule has 0 unspecified atom stereocenters. The number of nitrogens with two attached hydrogens (primary N) is 1. The van der Waals surface area contributed by atoms with Crippen molar-refractivity contribution in [2.24, 2.45) is 5.73 Å². The van der Waals surface area contributed by atoms with Crippen LogP contribution in [-0.4, -0.2) is 48.9 Å². The van der Waals surface area contributed by atoms with Crippen molar-refractivity contribution in [3.05, 3.63) is 82.3 Å². The molecule has 3 aliphatic rings. The van der Waals surface area contributed by atoms with Gasteiger partial charge in [-0.05, 0) is 99.0 Å². The quantitative estimate of drug-likeness (QED) is 0.546. The first-order valence-electron chi connectivity index (χ1n) is 14.0. The van der Waals surface area contributed by atoms with Crippen LogP contribution in [0.4, 0.5) is 20.6 Å². The summed E-state index contributed by atoms with van der Waals surface area (Å²) in [5, 5.41) is 2.83. The molecule has 0 bridgehead atoms. The second-order valence-corrected chi connectivity index (χ2v) is 10.5. The largest absolute Gasteiger partial charge is 0.334 e. The van der Waals surface area contributed by atoms with Gasteiger partial charge in [-0.15, -0.1) is 0 Å². The van der Waals surface area contributed by atoms with Gasteiger partial charge in [0.2, 0.25) is 5.91 Å². The molecule has 0 saturated carbocycles. The summed E-state index contributed by atoms with van der Waals surface area (Å²) in [7, 11) is 0. The molecular formula is C31H36FN5O3. The summed E-state index contributed by atoms with van der Waals surface area (Å²) in [5.74, 6) is -0.880. The third kappa shape index (κ3) is 5.51. The van der Waals surface area contributed by atoms with Crippen molar-refractivity contribution in [2.75, 3.05) is 36.0 Å². The van der Waals surface area contributed by atoms with E-state index in [0.717, 1.165) is 53.8 Å². The Morgan fingerprint density at radius 3 is 2.75 bits per heavy atom. The van der Waals surface area contributed by atoms with E-state index in [9.17, 15) is 18.8 Å². The van der Waals surface area contributed by atoms with Gasteiger partial charge in [-0.1, -0.05) is 18.2 Å². The third-order valence-corrected chi connectivity index (χ3v) is 7.87. The lowest BCUT2D eigenvalue weighted by molar-refractivity contribution is -0.117. The molecular weight excluding hydrogens is 509 g/mol. The maximum absolute atomic E-state index is 14.9.